The Morgan fingerprint density at radius 1 is 1.38 bits per heavy atom. The lowest BCUT2D eigenvalue weighted by atomic mass is 10.1. The molecule has 0 aromatic heterocycles. The Bertz CT molecular complexity index is 531. The zero-order valence-corrected chi connectivity index (χ0v) is 12.4. The Morgan fingerprint density at radius 3 is 2.81 bits per heavy atom. The molecular weight excluding hydrogens is 270 g/mol. The minimum atomic E-state index is -1.00. The molecule has 0 spiro atoms. The highest BCUT2D eigenvalue weighted by atomic mass is 16.4. The normalized spacial score (nSPS) is 18.6. The number of carboxylic acids is 1. The molecule has 2 rings (SSSR count). The van der Waals surface area contributed by atoms with Gasteiger partial charge in [-0.2, -0.15) is 0 Å². The first kappa shape index (κ1) is 15.3. The van der Waals surface area contributed by atoms with Crippen LogP contribution in [0.4, 0.5) is 10.5 Å². The van der Waals surface area contributed by atoms with Crippen molar-refractivity contribution in [3.63, 3.8) is 0 Å². The fourth-order valence-electron chi connectivity index (χ4n) is 2.49. The third-order valence-electron chi connectivity index (χ3n) is 3.77. The number of hydrogen-bond donors (Lipinski definition) is 2. The van der Waals surface area contributed by atoms with E-state index in [2.05, 4.69) is 10.2 Å². The third-order valence-corrected chi connectivity index (χ3v) is 3.77. The van der Waals surface area contributed by atoms with E-state index in [1.165, 1.54) is 12.1 Å². The van der Waals surface area contributed by atoms with Gasteiger partial charge in [-0.1, -0.05) is 6.07 Å². The predicted octanol–water partition coefficient (Wildman–Crippen LogP) is 1.94. The molecule has 1 unspecified atom stereocenters. The molecule has 21 heavy (non-hydrogen) atoms. The number of amides is 2. The van der Waals surface area contributed by atoms with Crippen molar-refractivity contribution < 1.29 is 14.7 Å². The summed E-state index contributed by atoms with van der Waals surface area (Å²) in [6, 6.07) is 6.48. The Labute approximate surface area is 124 Å². The van der Waals surface area contributed by atoms with E-state index < -0.39 is 5.97 Å². The lowest BCUT2D eigenvalue weighted by Crippen LogP contribution is -2.48. The van der Waals surface area contributed by atoms with Gasteiger partial charge in [0.05, 0.1) is 5.56 Å². The van der Waals surface area contributed by atoms with Crippen LogP contribution < -0.4 is 5.32 Å². The van der Waals surface area contributed by atoms with Gasteiger partial charge in [-0.15, -0.1) is 0 Å². The van der Waals surface area contributed by atoms with Gasteiger partial charge in [0.15, 0.2) is 0 Å². The lowest BCUT2D eigenvalue weighted by molar-refractivity contribution is 0.0697. The van der Waals surface area contributed by atoms with Crippen molar-refractivity contribution in [1.82, 2.24) is 9.80 Å². The van der Waals surface area contributed by atoms with Gasteiger partial charge in [0, 0.05) is 24.8 Å². The van der Waals surface area contributed by atoms with Crippen molar-refractivity contribution >= 4 is 17.7 Å². The van der Waals surface area contributed by atoms with Crippen molar-refractivity contribution in [1.29, 1.82) is 0 Å². The minimum absolute atomic E-state index is 0.164. The van der Waals surface area contributed by atoms with Crippen LogP contribution in [0.5, 0.6) is 0 Å². The van der Waals surface area contributed by atoms with Gasteiger partial charge >= 0.3 is 12.0 Å². The van der Waals surface area contributed by atoms with Crippen LogP contribution in [0, 0.1) is 0 Å². The van der Waals surface area contributed by atoms with Gasteiger partial charge in [0.2, 0.25) is 0 Å². The summed E-state index contributed by atoms with van der Waals surface area (Å²) in [5.74, 6) is -1.00. The van der Waals surface area contributed by atoms with Crippen LogP contribution >= 0.6 is 0 Å². The zero-order valence-electron chi connectivity index (χ0n) is 12.4. The molecule has 0 aliphatic carbocycles. The minimum Gasteiger partial charge on any atom is -0.478 e. The first-order valence-electron chi connectivity index (χ1n) is 7.03. The first-order valence-corrected chi connectivity index (χ1v) is 7.03. The topological polar surface area (TPSA) is 72.9 Å². The number of piperidine rings is 1. The molecule has 1 atom stereocenters. The predicted molar refractivity (Wildman–Crippen MR) is 80.7 cm³/mol. The lowest BCUT2D eigenvalue weighted by Gasteiger charge is -2.36. The van der Waals surface area contributed by atoms with Crippen molar-refractivity contribution in [3.05, 3.63) is 29.8 Å². The second-order valence-electron chi connectivity index (χ2n) is 5.52. The maximum atomic E-state index is 12.3. The van der Waals surface area contributed by atoms with Crippen LogP contribution in [-0.4, -0.2) is 60.1 Å². The van der Waals surface area contributed by atoms with Crippen LogP contribution in [0.2, 0.25) is 0 Å². The van der Waals surface area contributed by atoms with Gasteiger partial charge < -0.3 is 20.2 Å². The van der Waals surface area contributed by atoms with Crippen LogP contribution in [0.3, 0.4) is 0 Å². The van der Waals surface area contributed by atoms with E-state index in [1.54, 1.807) is 17.0 Å². The molecule has 2 N–H and O–H groups in total. The van der Waals surface area contributed by atoms with Gasteiger partial charge in [0.1, 0.15) is 0 Å². The second kappa shape index (κ2) is 6.58. The third kappa shape index (κ3) is 3.95. The van der Waals surface area contributed by atoms with Gasteiger partial charge in [-0.25, -0.2) is 9.59 Å². The van der Waals surface area contributed by atoms with Gasteiger partial charge in [-0.3, -0.25) is 0 Å². The Morgan fingerprint density at radius 2 is 2.14 bits per heavy atom. The highest BCUT2D eigenvalue weighted by Crippen LogP contribution is 2.16. The first-order chi connectivity index (χ1) is 9.97. The number of hydrogen-bond acceptors (Lipinski definition) is 3. The molecule has 1 aromatic carbocycles. The fraction of sp³-hybridized carbons (Fsp3) is 0.467. The second-order valence-corrected chi connectivity index (χ2v) is 5.52. The van der Waals surface area contributed by atoms with E-state index in [0.717, 1.165) is 19.4 Å². The number of likely N-dealkylation sites (tertiary alicyclic amines) is 1. The molecule has 6 heteroatoms. The molecular formula is C15H21N3O3. The average Bonchev–Trinajstić information content (AvgIpc) is 2.47. The Balaban J connectivity index is 2.01. The Hall–Kier alpha value is -2.08. The van der Waals surface area contributed by atoms with Crippen LogP contribution in [0.25, 0.3) is 0 Å². The van der Waals surface area contributed by atoms with E-state index in [9.17, 15) is 9.59 Å². The summed E-state index contributed by atoms with van der Waals surface area (Å²) in [5.41, 5.74) is 0.671. The molecule has 1 fully saturated rings. The molecule has 1 aliphatic rings. The van der Waals surface area contributed by atoms with Crippen molar-refractivity contribution in [2.24, 2.45) is 0 Å². The molecule has 1 heterocycles. The number of nitrogens with one attached hydrogen (secondary N) is 1. The summed E-state index contributed by atoms with van der Waals surface area (Å²) in [6.45, 7) is 1.42. The number of benzene rings is 1. The SMILES string of the molecule is CN(C)C1CCCN(C(=O)Nc2cccc(C(=O)O)c2)C1. The number of carboxylic acid groups (broad SMARTS) is 1. The molecule has 1 aliphatic heterocycles. The molecule has 114 valence electrons. The number of anilines is 1. The summed E-state index contributed by atoms with van der Waals surface area (Å²) in [7, 11) is 4.03. The smallest absolute Gasteiger partial charge is 0.335 e. The maximum Gasteiger partial charge on any atom is 0.335 e. The molecule has 0 saturated carbocycles. The summed E-state index contributed by atoms with van der Waals surface area (Å²) >= 11 is 0. The van der Waals surface area contributed by atoms with Crippen LogP contribution in [0.15, 0.2) is 24.3 Å². The number of carbonyl (C=O) groups excluding carboxylic acids is 1. The number of carbonyl (C=O) groups is 2. The summed E-state index contributed by atoms with van der Waals surface area (Å²) in [4.78, 5) is 27.1. The zero-order chi connectivity index (χ0) is 15.4. The molecule has 1 aromatic rings. The quantitative estimate of drug-likeness (QED) is 0.892. The number of aromatic carboxylic acids is 1. The molecule has 1 saturated heterocycles. The average molecular weight is 291 g/mol. The largest absolute Gasteiger partial charge is 0.478 e. The Kier molecular flexibility index (Phi) is 4.80. The number of nitrogens with zero attached hydrogens (tertiary/aromatic N) is 2. The highest BCUT2D eigenvalue weighted by Gasteiger charge is 2.24. The number of likely N-dealkylation sites (N-methyl/N-ethyl adjacent to an activating group) is 1. The van der Waals surface area contributed by atoms with E-state index in [-0.39, 0.29) is 11.6 Å². The van der Waals surface area contributed by atoms with E-state index in [0.29, 0.717) is 18.3 Å². The maximum absolute atomic E-state index is 12.3. The number of urea groups is 1. The van der Waals surface area contributed by atoms with Gasteiger partial charge in [0.25, 0.3) is 0 Å². The monoisotopic (exact) mass is 291 g/mol. The fourth-order valence-corrected chi connectivity index (χ4v) is 2.49. The van der Waals surface area contributed by atoms with Crippen molar-refractivity contribution in [2.75, 3.05) is 32.5 Å². The van der Waals surface area contributed by atoms with E-state index >= 15 is 0 Å². The van der Waals surface area contributed by atoms with Crippen LogP contribution in [0.1, 0.15) is 23.2 Å². The highest BCUT2D eigenvalue weighted by molar-refractivity contribution is 5.93. The standard InChI is InChI=1S/C15H21N3O3/c1-17(2)13-7-4-8-18(10-13)15(21)16-12-6-3-5-11(9-12)14(19)20/h3,5-6,9,13H,4,7-8,10H2,1-2H3,(H,16,21)(H,19,20). The molecule has 6 nitrogen and oxygen atoms in total. The molecule has 2 amide bonds. The molecule has 0 bridgehead atoms. The van der Waals surface area contributed by atoms with Crippen molar-refractivity contribution in [2.45, 2.75) is 18.9 Å². The van der Waals surface area contributed by atoms with E-state index in [1.807, 2.05) is 14.1 Å². The summed E-state index contributed by atoms with van der Waals surface area (Å²) in [6.07, 6.45) is 2.07. The van der Waals surface area contributed by atoms with Crippen molar-refractivity contribution in [3.8, 4) is 0 Å². The van der Waals surface area contributed by atoms with Gasteiger partial charge in [-0.05, 0) is 45.1 Å². The summed E-state index contributed by atoms with van der Waals surface area (Å²) in [5, 5.41) is 11.7. The van der Waals surface area contributed by atoms with Crippen LogP contribution in [-0.2, 0) is 0 Å². The number of rotatable bonds is 3. The molecule has 0 radical (unpaired) electrons. The summed E-state index contributed by atoms with van der Waals surface area (Å²) < 4.78 is 0. The van der Waals surface area contributed by atoms with E-state index in [4.69, 9.17) is 5.11 Å².